The maximum absolute atomic E-state index is 12.2. The highest BCUT2D eigenvalue weighted by molar-refractivity contribution is 5.76. The van der Waals surface area contributed by atoms with Crippen molar-refractivity contribution < 1.29 is 19.4 Å². The van der Waals surface area contributed by atoms with Crippen LogP contribution in [0, 0.1) is 5.92 Å². The molecule has 2 rings (SSSR count). The van der Waals surface area contributed by atoms with Crippen LogP contribution in [0.15, 0.2) is 0 Å². The molecule has 0 bridgehead atoms. The highest BCUT2D eigenvalue weighted by atomic mass is 16.5. The minimum absolute atomic E-state index is 0.00241. The van der Waals surface area contributed by atoms with Crippen LogP contribution >= 0.6 is 0 Å². The molecule has 0 aromatic rings. The van der Waals surface area contributed by atoms with Gasteiger partial charge in [-0.2, -0.15) is 0 Å². The van der Waals surface area contributed by atoms with Gasteiger partial charge in [-0.05, 0) is 32.1 Å². The molecule has 19 heavy (non-hydrogen) atoms. The maximum Gasteiger partial charge on any atom is 0.317 e. The van der Waals surface area contributed by atoms with E-state index < -0.39 is 5.97 Å². The highest BCUT2D eigenvalue weighted by Gasteiger charge is 2.35. The molecule has 2 unspecified atom stereocenters. The van der Waals surface area contributed by atoms with Crippen LogP contribution in [-0.4, -0.2) is 54.4 Å². The first-order valence-electron chi connectivity index (χ1n) is 6.90. The van der Waals surface area contributed by atoms with Gasteiger partial charge in [0.25, 0.3) is 0 Å². The third kappa shape index (κ3) is 3.83. The molecule has 6 heteroatoms. The Hall–Kier alpha value is -1.30. The van der Waals surface area contributed by atoms with Crippen molar-refractivity contribution in [1.29, 1.82) is 0 Å². The molecule has 2 N–H and O–H groups in total. The number of carbonyl (C=O) groups is 2. The number of aliphatic carboxylic acids is 1. The number of carboxylic acids is 1. The molecule has 0 aromatic carbocycles. The van der Waals surface area contributed by atoms with E-state index in [1.807, 2.05) is 4.90 Å². The van der Waals surface area contributed by atoms with Gasteiger partial charge in [0.2, 0.25) is 0 Å². The fraction of sp³-hybridized carbons (Fsp3) is 0.846. The molecule has 2 saturated carbocycles. The van der Waals surface area contributed by atoms with Gasteiger partial charge in [0.05, 0.1) is 12.5 Å². The predicted octanol–water partition coefficient (Wildman–Crippen LogP) is 1.06. The summed E-state index contributed by atoms with van der Waals surface area (Å²) in [7, 11) is 1.62. The van der Waals surface area contributed by atoms with Crippen molar-refractivity contribution in [1.82, 2.24) is 10.2 Å². The van der Waals surface area contributed by atoms with Crippen LogP contribution in [0.4, 0.5) is 4.79 Å². The number of hydrogen-bond acceptors (Lipinski definition) is 3. The average Bonchev–Trinajstić information content (AvgIpc) is 3.09. The molecule has 2 amide bonds. The van der Waals surface area contributed by atoms with E-state index in [1.165, 1.54) is 0 Å². The number of nitrogens with one attached hydrogen (secondary N) is 1. The first-order chi connectivity index (χ1) is 9.11. The molecule has 2 atom stereocenters. The van der Waals surface area contributed by atoms with Crippen LogP contribution in [0.2, 0.25) is 0 Å². The SMILES string of the molecule is COCCN(C(=O)NC1CCC(C(=O)O)C1)C1CC1. The summed E-state index contributed by atoms with van der Waals surface area (Å²) in [6.45, 7) is 1.13. The molecule has 0 aromatic heterocycles. The Bertz CT molecular complexity index is 344. The standard InChI is InChI=1S/C13H22N2O4/c1-19-7-6-15(11-4-5-11)13(18)14-10-3-2-9(8-10)12(16)17/h9-11H,2-8H2,1H3,(H,14,18)(H,16,17). The first kappa shape index (κ1) is 14.1. The molecule has 0 aliphatic heterocycles. The van der Waals surface area contributed by atoms with E-state index >= 15 is 0 Å². The third-order valence-electron chi connectivity index (χ3n) is 3.89. The van der Waals surface area contributed by atoms with E-state index in [0.29, 0.717) is 32.0 Å². The fourth-order valence-electron chi connectivity index (χ4n) is 2.62. The van der Waals surface area contributed by atoms with Gasteiger partial charge >= 0.3 is 12.0 Å². The zero-order valence-corrected chi connectivity index (χ0v) is 11.3. The van der Waals surface area contributed by atoms with E-state index in [1.54, 1.807) is 7.11 Å². The van der Waals surface area contributed by atoms with E-state index in [4.69, 9.17) is 9.84 Å². The van der Waals surface area contributed by atoms with E-state index in [0.717, 1.165) is 19.3 Å². The van der Waals surface area contributed by atoms with Crippen molar-refractivity contribution in [2.45, 2.75) is 44.2 Å². The van der Waals surface area contributed by atoms with Gasteiger partial charge in [-0.1, -0.05) is 0 Å². The van der Waals surface area contributed by atoms with E-state index in [-0.39, 0.29) is 18.0 Å². The summed E-state index contributed by atoms with van der Waals surface area (Å²) >= 11 is 0. The Balaban J connectivity index is 1.80. The Labute approximate surface area is 113 Å². The van der Waals surface area contributed by atoms with Crippen LogP contribution in [-0.2, 0) is 9.53 Å². The second-order valence-electron chi connectivity index (χ2n) is 5.41. The first-order valence-corrected chi connectivity index (χ1v) is 6.90. The maximum atomic E-state index is 12.2. The van der Waals surface area contributed by atoms with Crippen LogP contribution in [0.5, 0.6) is 0 Å². The van der Waals surface area contributed by atoms with Crippen molar-refractivity contribution in [3.63, 3.8) is 0 Å². The summed E-state index contributed by atoms with van der Waals surface area (Å²) in [6, 6.07) is 0.264. The molecular weight excluding hydrogens is 248 g/mol. The molecule has 0 radical (unpaired) electrons. The molecule has 0 heterocycles. The normalized spacial score (nSPS) is 26.2. The third-order valence-corrected chi connectivity index (χ3v) is 3.89. The molecular formula is C13H22N2O4. The number of rotatable bonds is 6. The van der Waals surface area contributed by atoms with Crippen molar-refractivity contribution in [3.8, 4) is 0 Å². The number of methoxy groups -OCH3 is 1. The number of carboxylic acid groups (broad SMARTS) is 1. The van der Waals surface area contributed by atoms with Gasteiger partial charge < -0.3 is 20.1 Å². The quantitative estimate of drug-likeness (QED) is 0.756. The van der Waals surface area contributed by atoms with Crippen molar-refractivity contribution in [2.75, 3.05) is 20.3 Å². The molecule has 2 aliphatic carbocycles. The molecule has 0 spiro atoms. The average molecular weight is 270 g/mol. The van der Waals surface area contributed by atoms with Gasteiger partial charge in [0, 0.05) is 25.7 Å². The number of ether oxygens (including phenoxy) is 1. The monoisotopic (exact) mass is 270 g/mol. The zero-order chi connectivity index (χ0) is 13.8. The van der Waals surface area contributed by atoms with E-state index in [2.05, 4.69) is 5.32 Å². The largest absolute Gasteiger partial charge is 0.481 e. The smallest absolute Gasteiger partial charge is 0.317 e. The van der Waals surface area contributed by atoms with Crippen molar-refractivity contribution >= 4 is 12.0 Å². The van der Waals surface area contributed by atoms with Crippen LogP contribution < -0.4 is 5.32 Å². The lowest BCUT2D eigenvalue weighted by atomic mass is 10.1. The minimum Gasteiger partial charge on any atom is -0.481 e. The molecule has 0 saturated heterocycles. The lowest BCUT2D eigenvalue weighted by Gasteiger charge is -2.24. The summed E-state index contributed by atoms with van der Waals surface area (Å²) in [4.78, 5) is 24.9. The lowest BCUT2D eigenvalue weighted by molar-refractivity contribution is -0.141. The molecule has 2 aliphatic rings. The highest BCUT2D eigenvalue weighted by Crippen LogP contribution is 2.28. The zero-order valence-electron chi connectivity index (χ0n) is 11.3. The predicted molar refractivity (Wildman–Crippen MR) is 68.9 cm³/mol. The van der Waals surface area contributed by atoms with Gasteiger partial charge in [-0.25, -0.2) is 4.79 Å². The number of urea groups is 1. The number of hydrogen-bond donors (Lipinski definition) is 2. The van der Waals surface area contributed by atoms with E-state index in [9.17, 15) is 9.59 Å². The Morgan fingerprint density at radius 1 is 1.32 bits per heavy atom. The van der Waals surface area contributed by atoms with Crippen molar-refractivity contribution in [3.05, 3.63) is 0 Å². The van der Waals surface area contributed by atoms with Crippen molar-refractivity contribution in [2.24, 2.45) is 5.92 Å². The molecule has 2 fully saturated rings. The summed E-state index contributed by atoms with van der Waals surface area (Å²) in [5.41, 5.74) is 0. The van der Waals surface area contributed by atoms with Gasteiger partial charge in [0.1, 0.15) is 0 Å². The van der Waals surface area contributed by atoms with Crippen LogP contribution in [0.3, 0.4) is 0 Å². The molecule has 108 valence electrons. The number of amides is 2. The number of carbonyl (C=O) groups excluding carboxylic acids is 1. The second kappa shape index (κ2) is 6.23. The van der Waals surface area contributed by atoms with Gasteiger partial charge in [-0.15, -0.1) is 0 Å². The Kier molecular flexibility index (Phi) is 4.63. The summed E-state index contributed by atoms with van der Waals surface area (Å²) in [5.74, 6) is -1.06. The van der Waals surface area contributed by atoms with Crippen LogP contribution in [0.25, 0.3) is 0 Å². The summed E-state index contributed by atoms with van der Waals surface area (Å²) < 4.78 is 5.02. The van der Waals surface area contributed by atoms with Gasteiger partial charge in [0.15, 0.2) is 0 Å². The number of nitrogens with zero attached hydrogens (tertiary/aromatic N) is 1. The topological polar surface area (TPSA) is 78.9 Å². The molecule has 6 nitrogen and oxygen atoms in total. The second-order valence-corrected chi connectivity index (χ2v) is 5.41. The Morgan fingerprint density at radius 2 is 2.05 bits per heavy atom. The summed E-state index contributed by atoms with van der Waals surface area (Å²) in [6.07, 6.45) is 4.07. The lowest BCUT2D eigenvalue weighted by Crippen LogP contribution is -2.46. The minimum atomic E-state index is -0.754. The Morgan fingerprint density at radius 3 is 2.58 bits per heavy atom. The van der Waals surface area contributed by atoms with Gasteiger partial charge in [-0.3, -0.25) is 4.79 Å². The summed E-state index contributed by atoms with van der Waals surface area (Å²) in [5, 5.41) is 11.9. The fourth-order valence-corrected chi connectivity index (χ4v) is 2.62. The van der Waals surface area contributed by atoms with Crippen LogP contribution in [0.1, 0.15) is 32.1 Å².